The van der Waals surface area contributed by atoms with E-state index in [1.165, 1.54) is 0 Å². The van der Waals surface area contributed by atoms with Crippen molar-refractivity contribution in [1.82, 2.24) is 5.32 Å². The topological polar surface area (TPSA) is 79.5 Å². The third kappa shape index (κ3) is 5.08. The minimum Gasteiger partial charge on any atom is -0.383 e. The number of methoxy groups -OCH3 is 1. The summed E-state index contributed by atoms with van der Waals surface area (Å²) in [5.41, 5.74) is 1.96. The van der Waals surface area contributed by atoms with Crippen molar-refractivity contribution >= 4 is 34.0 Å². The predicted molar refractivity (Wildman–Crippen MR) is 112 cm³/mol. The predicted octanol–water partition coefficient (Wildman–Crippen LogP) is 3.27. The molecule has 3 rings (SSSR count). The number of carbonyl (C=O) groups is 2. The minimum absolute atomic E-state index is 0.123. The zero-order valence-corrected chi connectivity index (χ0v) is 15.7. The van der Waals surface area contributed by atoms with E-state index in [1.807, 2.05) is 42.5 Å². The summed E-state index contributed by atoms with van der Waals surface area (Å²) in [6.07, 6.45) is 0. The lowest BCUT2D eigenvalue weighted by Gasteiger charge is -2.11. The normalized spacial score (nSPS) is 10.5. The third-order valence-electron chi connectivity index (χ3n) is 4.23. The van der Waals surface area contributed by atoms with Crippen LogP contribution >= 0.6 is 0 Å². The van der Waals surface area contributed by atoms with Crippen LogP contribution in [0, 0.1) is 0 Å². The molecule has 6 nitrogen and oxygen atoms in total. The van der Waals surface area contributed by atoms with Gasteiger partial charge in [-0.05, 0) is 29.7 Å². The van der Waals surface area contributed by atoms with Gasteiger partial charge in [-0.25, -0.2) is 0 Å². The minimum atomic E-state index is -0.206. The second-order valence-electron chi connectivity index (χ2n) is 6.26. The summed E-state index contributed by atoms with van der Waals surface area (Å²) in [6, 6.07) is 20.8. The number of anilines is 2. The van der Waals surface area contributed by atoms with E-state index in [0.717, 1.165) is 16.5 Å². The first-order chi connectivity index (χ1) is 13.7. The molecule has 0 bridgehead atoms. The maximum atomic E-state index is 12.3. The summed E-state index contributed by atoms with van der Waals surface area (Å²) in [5, 5.41) is 10.9. The first-order valence-electron chi connectivity index (χ1n) is 9.06. The average molecular weight is 377 g/mol. The average Bonchev–Trinajstić information content (AvgIpc) is 2.72. The first-order valence-corrected chi connectivity index (χ1v) is 9.06. The van der Waals surface area contributed by atoms with Crippen LogP contribution in [-0.4, -0.2) is 38.6 Å². The highest BCUT2D eigenvalue weighted by Gasteiger charge is 2.08. The Balaban J connectivity index is 1.59. The van der Waals surface area contributed by atoms with Crippen molar-refractivity contribution in [2.45, 2.75) is 0 Å². The molecule has 0 aromatic heterocycles. The second kappa shape index (κ2) is 9.53. The van der Waals surface area contributed by atoms with Gasteiger partial charge in [0.05, 0.1) is 13.2 Å². The molecule has 0 fully saturated rings. The molecule has 0 spiro atoms. The zero-order valence-electron chi connectivity index (χ0n) is 15.7. The lowest BCUT2D eigenvalue weighted by Crippen LogP contribution is -2.27. The van der Waals surface area contributed by atoms with Gasteiger partial charge in [-0.3, -0.25) is 9.59 Å². The molecule has 3 aromatic carbocycles. The van der Waals surface area contributed by atoms with Crippen molar-refractivity contribution in [3.63, 3.8) is 0 Å². The van der Waals surface area contributed by atoms with Crippen LogP contribution in [0.2, 0.25) is 0 Å². The standard InChI is InChI=1S/C22H23N3O3/c1-28-13-12-23-22(27)17-8-4-9-18(14-17)25-21(26)15-24-20-11-5-7-16-6-2-3-10-19(16)20/h2-11,14,24H,12-13,15H2,1H3,(H,23,27)(H,25,26). The van der Waals surface area contributed by atoms with Crippen molar-refractivity contribution in [2.24, 2.45) is 0 Å². The zero-order chi connectivity index (χ0) is 19.8. The van der Waals surface area contributed by atoms with Crippen LogP contribution in [0.3, 0.4) is 0 Å². The van der Waals surface area contributed by atoms with Gasteiger partial charge < -0.3 is 20.7 Å². The van der Waals surface area contributed by atoms with Gasteiger partial charge in [0.1, 0.15) is 0 Å². The van der Waals surface area contributed by atoms with Gasteiger partial charge in [0.15, 0.2) is 0 Å². The van der Waals surface area contributed by atoms with Crippen LogP contribution in [0.4, 0.5) is 11.4 Å². The second-order valence-corrected chi connectivity index (χ2v) is 6.26. The molecule has 28 heavy (non-hydrogen) atoms. The fourth-order valence-electron chi connectivity index (χ4n) is 2.87. The molecule has 0 saturated carbocycles. The molecule has 0 atom stereocenters. The Morgan fingerprint density at radius 3 is 2.61 bits per heavy atom. The van der Waals surface area contributed by atoms with Crippen molar-refractivity contribution in [3.05, 3.63) is 72.3 Å². The number of amides is 2. The fourth-order valence-corrected chi connectivity index (χ4v) is 2.87. The molecule has 0 aliphatic rings. The molecule has 0 unspecified atom stereocenters. The Morgan fingerprint density at radius 1 is 0.964 bits per heavy atom. The smallest absolute Gasteiger partial charge is 0.251 e. The van der Waals surface area contributed by atoms with E-state index in [4.69, 9.17) is 4.74 Å². The van der Waals surface area contributed by atoms with E-state index in [0.29, 0.717) is 24.4 Å². The molecule has 144 valence electrons. The summed E-state index contributed by atoms with van der Waals surface area (Å²) in [5.74, 6) is -0.396. The van der Waals surface area contributed by atoms with E-state index >= 15 is 0 Å². The molecule has 3 aromatic rings. The van der Waals surface area contributed by atoms with E-state index in [-0.39, 0.29) is 18.4 Å². The number of benzene rings is 3. The van der Waals surface area contributed by atoms with Crippen LogP contribution < -0.4 is 16.0 Å². The van der Waals surface area contributed by atoms with Crippen LogP contribution in [0.25, 0.3) is 10.8 Å². The highest BCUT2D eigenvalue weighted by atomic mass is 16.5. The van der Waals surface area contributed by atoms with Gasteiger partial charge in [-0.1, -0.05) is 42.5 Å². The van der Waals surface area contributed by atoms with Gasteiger partial charge in [0.25, 0.3) is 5.91 Å². The van der Waals surface area contributed by atoms with Gasteiger partial charge >= 0.3 is 0 Å². The Morgan fingerprint density at radius 2 is 1.75 bits per heavy atom. The van der Waals surface area contributed by atoms with Crippen molar-refractivity contribution in [1.29, 1.82) is 0 Å². The Labute approximate surface area is 163 Å². The Bertz CT molecular complexity index is 967. The van der Waals surface area contributed by atoms with Crippen LogP contribution in [-0.2, 0) is 9.53 Å². The molecule has 0 radical (unpaired) electrons. The van der Waals surface area contributed by atoms with Crippen LogP contribution in [0.5, 0.6) is 0 Å². The quantitative estimate of drug-likeness (QED) is 0.527. The Kier molecular flexibility index (Phi) is 6.59. The molecular weight excluding hydrogens is 354 g/mol. The van der Waals surface area contributed by atoms with Crippen molar-refractivity contribution in [2.75, 3.05) is 37.4 Å². The number of nitrogens with one attached hydrogen (secondary N) is 3. The lowest BCUT2D eigenvalue weighted by molar-refractivity contribution is -0.114. The van der Waals surface area contributed by atoms with Gasteiger partial charge in [-0.2, -0.15) is 0 Å². The third-order valence-corrected chi connectivity index (χ3v) is 4.23. The summed E-state index contributed by atoms with van der Waals surface area (Å²) in [4.78, 5) is 24.4. The van der Waals surface area contributed by atoms with Gasteiger partial charge in [0, 0.05) is 36.0 Å². The van der Waals surface area contributed by atoms with E-state index < -0.39 is 0 Å². The number of hydrogen-bond acceptors (Lipinski definition) is 4. The highest BCUT2D eigenvalue weighted by Crippen LogP contribution is 2.22. The molecular formula is C22H23N3O3. The first kappa shape index (κ1) is 19.4. The van der Waals surface area contributed by atoms with Gasteiger partial charge in [-0.15, -0.1) is 0 Å². The van der Waals surface area contributed by atoms with Crippen molar-refractivity contribution < 1.29 is 14.3 Å². The maximum absolute atomic E-state index is 12.3. The Hall–Kier alpha value is -3.38. The fraction of sp³-hybridized carbons (Fsp3) is 0.182. The van der Waals surface area contributed by atoms with Crippen LogP contribution in [0.15, 0.2) is 66.7 Å². The number of hydrogen-bond donors (Lipinski definition) is 3. The summed E-state index contributed by atoms with van der Waals surface area (Å²) in [6.45, 7) is 1.00. The van der Waals surface area contributed by atoms with E-state index in [9.17, 15) is 9.59 Å². The summed E-state index contributed by atoms with van der Waals surface area (Å²) < 4.78 is 4.92. The molecule has 3 N–H and O–H groups in total. The lowest BCUT2D eigenvalue weighted by atomic mass is 10.1. The van der Waals surface area contributed by atoms with Gasteiger partial charge in [0.2, 0.25) is 5.91 Å². The maximum Gasteiger partial charge on any atom is 0.251 e. The molecule has 0 saturated heterocycles. The molecule has 6 heteroatoms. The number of ether oxygens (including phenoxy) is 1. The molecule has 2 amide bonds. The monoisotopic (exact) mass is 377 g/mol. The number of fused-ring (bicyclic) bond motifs is 1. The van der Waals surface area contributed by atoms with E-state index in [1.54, 1.807) is 31.4 Å². The van der Waals surface area contributed by atoms with Crippen LogP contribution in [0.1, 0.15) is 10.4 Å². The largest absolute Gasteiger partial charge is 0.383 e. The number of rotatable bonds is 8. The summed E-state index contributed by atoms with van der Waals surface area (Å²) >= 11 is 0. The summed E-state index contributed by atoms with van der Waals surface area (Å²) in [7, 11) is 1.58. The molecule has 0 heterocycles. The van der Waals surface area contributed by atoms with Crippen molar-refractivity contribution in [3.8, 4) is 0 Å². The highest BCUT2D eigenvalue weighted by molar-refractivity contribution is 5.99. The SMILES string of the molecule is COCCNC(=O)c1cccc(NC(=O)CNc2cccc3ccccc23)c1. The number of carbonyl (C=O) groups excluding carboxylic acids is 2. The molecule has 0 aliphatic heterocycles. The molecule has 0 aliphatic carbocycles. The van der Waals surface area contributed by atoms with E-state index in [2.05, 4.69) is 16.0 Å².